The molecule has 0 atom stereocenters. The number of benzene rings is 1. The molecule has 0 aliphatic carbocycles. The van der Waals surface area contributed by atoms with Gasteiger partial charge < -0.3 is 16.0 Å². The van der Waals surface area contributed by atoms with Crippen molar-refractivity contribution < 1.29 is 4.79 Å². The number of hydrogen-bond acceptors (Lipinski definition) is 3. The Morgan fingerprint density at radius 1 is 1.37 bits per heavy atom. The lowest BCUT2D eigenvalue weighted by atomic mass is 9.93. The number of nitrogen functional groups attached to an aromatic ring is 1. The van der Waals surface area contributed by atoms with Crippen molar-refractivity contribution in [2.45, 2.75) is 20.8 Å². The van der Waals surface area contributed by atoms with Crippen molar-refractivity contribution in [1.82, 2.24) is 10.2 Å². The summed E-state index contributed by atoms with van der Waals surface area (Å²) in [6.45, 7) is 7.76. The Kier molecular flexibility index (Phi) is 4.95. The van der Waals surface area contributed by atoms with Gasteiger partial charge >= 0.3 is 0 Å². The first-order valence-corrected chi connectivity index (χ1v) is 6.50. The van der Waals surface area contributed by atoms with Crippen LogP contribution in [0.15, 0.2) is 18.2 Å². The Balaban J connectivity index is 2.62. The number of carbonyl (C=O) groups is 1. The number of rotatable bonds is 5. The molecule has 4 nitrogen and oxygen atoms in total. The van der Waals surface area contributed by atoms with E-state index in [0.29, 0.717) is 17.8 Å². The summed E-state index contributed by atoms with van der Waals surface area (Å²) in [5.74, 6) is -0.0464. The first-order chi connectivity index (χ1) is 8.71. The molecular weight excluding hydrogens is 238 g/mol. The summed E-state index contributed by atoms with van der Waals surface area (Å²) in [5.41, 5.74) is 8.10. The zero-order chi connectivity index (χ0) is 14.6. The second-order valence-electron chi connectivity index (χ2n) is 6.16. The first-order valence-electron chi connectivity index (χ1n) is 6.50. The number of nitrogens with one attached hydrogen (secondary N) is 1. The summed E-state index contributed by atoms with van der Waals surface area (Å²) in [6.07, 6.45) is 0. The van der Waals surface area contributed by atoms with E-state index in [1.807, 2.05) is 27.1 Å². The molecule has 0 aliphatic heterocycles. The van der Waals surface area contributed by atoms with E-state index in [0.717, 1.165) is 12.1 Å². The fraction of sp³-hybridized carbons (Fsp3) is 0.533. The van der Waals surface area contributed by atoms with Gasteiger partial charge in [-0.3, -0.25) is 4.79 Å². The van der Waals surface area contributed by atoms with Gasteiger partial charge in [-0.15, -0.1) is 0 Å². The van der Waals surface area contributed by atoms with Crippen molar-refractivity contribution in [3.63, 3.8) is 0 Å². The van der Waals surface area contributed by atoms with Crippen molar-refractivity contribution in [3.05, 3.63) is 29.3 Å². The second-order valence-corrected chi connectivity index (χ2v) is 6.16. The minimum atomic E-state index is -0.0464. The molecule has 0 aliphatic rings. The average molecular weight is 263 g/mol. The normalized spacial score (nSPS) is 11.7. The molecule has 0 spiro atoms. The summed E-state index contributed by atoms with van der Waals surface area (Å²) < 4.78 is 0. The highest BCUT2D eigenvalue weighted by Gasteiger charge is 2.20. The second kappa shape index (κ2) is 6.06. The summed E-state index contributed by atoms with van der Waals surface area (Å²) in [7, 11) is 4.07. The van der Waals surface area contributed by atoms with Gasteiger partial charge in [0.1, 0.15) is 0 Å². The van der Waals surface area contributed by atoms with Crippen molar-refractivity contribution in [3.8, 4) is 0 Å². The predicted molar refractivity (Wildman–Crippen MR) is 80.3 cm³/mol. The molecule has 1 amide bonds. The summed E-state index contributed by atoms with van der Waals surface area (Å²) in [4.78, 5) is 14.2. The van der Waals surface area contributed by atoms with E-state index in [2.05, 4.69) is 24.1 Å². The van der Waals surface area contributed by atoms with Crippen molar-refractivity contribution in [2.24, 2.45) is 5.41 Å². The van der Waals surface area contributed by atoms with Crippen molar-refractivity contribution in [2.75, 3.05) is 32.9 Å². The highest BCUT2D eigenvalue weighted by molar-refractivity contribution is 5.94. The molecule has 0 radical (unpaired) electrons. The predicted octanol–water partition coefficient (Wildman–Crippen LogP) is 1.89. The minimum absolute atomic E-state index is 0.0437. The summed E-state index contributed by atoms with van der Waals surface area (Å²) in [6, 6.07) is 5.36. The van der Waals surface area contributed by atoms with Crippen LogP contribution in [-0.2, 0) is 0 Å². The van der Waals surface area contributed by atoms with E-state index >= 15 is 0 Å². The molecule has 0 heterocycles. The van der Waals surface area contributed by atoms with E-state index in [-0.39, 0.29) is 11.3 Å². The van der Waals surface area contributed by atoms with Crippen molar-refractivity contribution >= 4 is 11.6 Å². The van der Waals surface area contributed by atoms with E-state index in [1.54, 1.807) is 12.1 Å². The Hall–Kier alpha value is -1.55. The van der Waals surface area contributed by atoms with Crippen LogP contribution >= 0.6 is 0 Å². The molecule has 1 aromatic carbocycles. The Morgan fingerprint density at radius 3 is 2.53 bits per heavy atom. The zero-order valence-corrected chi connectivity index (χ0v) is 12.6. The smallest absolute Gasteiger partial charge is 0.251 e. The number of amides is 1. The van der Waals surface area contributed by atoms with Gasteiger partial charge in [0.25, 0.3) is 5.91 Å². The maximum absolute atomic E-state index is 12.1. The molecule has 4 heteroatoms. The van der Waals surface area contributed by atoms with E-state index in [1.165, 1.54) is 0 Å². The fourth-order valence-corrected chi connectivity index (χ4v) is 2.15. The van der Waals surface area contributed by atoms with Gasteiger partial charge in [-0.1, -0.05) is 13.8 Å². The lowest BCUT2D eigenvalue weighted by molar-refractivity contribution is 0.0929. The number of nitrogens with zero attached hydrogens (tertiary/aromatic N) is 1. The van der Waals surface area contributed by atoms with Gasteiger partial charge in [0.05, 0.1) is 0 Å². The van der Waals surface area contributed by atoms with Crippen molar-refractivity contribution in [1.29, 1.82) is 0 Å². The monoisotopic (exact) mass is 263 g/mol. The van der Waals surface area contributed by atoms with Gasteiger partial charge in [-0.25, -0.2) is 0 Å². The zero-order valence-electron chi connectivity index (χ0n) is 12.6. The van der Waals surface area contributed by atoms with Gasteiger partial charge in [-0.2, -0.15) is 0 Å². The van der Waals surface area contributed by atoms with Crippen LogP contribution in [0.2, 0.25) is 0 Å². The van der Waals surface area contributed by atoms with Gasteiger partial charge in [-0.05, 0) is 50.2 Å². The number of hydrogen-bond donors (Lipinski definition) is 2. The molecule has 0 fully saturated rings. The number of carbonyl (C=O) groups excluding carboxylic acids is 1. The fourth-order valence-electron chi connectivity index (χ4n) is 2.15. The highest BCUT2D eigenvalue weighted by atomic mass is 16.1. The summed E-state index contributed by atoms with van der Waals surface area (Å²) >= 11 is 0. The Labute approximate surface area is 116 Å². The van der Waals surface area contributed by atoms with Crippen LogP contribution in [0.4, 0.5) is 5.69 Å². The van der Waals surface area contributed by atoms with Crippen LogP contribution in [0, 0.1) is 12.3 Å². The minimum Gasteiger partial charge on any atom is -0.399 e. The average Bonchev–Trinajstić information content (AvgIpc) is 2.28. The van der Waals surface area contributed by atoms with Crippen LogP contribution in [-0.4, -0.2) is 38.0 Å². The first kappa shape index (κ1) is 15.5. The Bertz CT molecular complexity index is 453. The standard InChI is InChI=1S/C15H25N3O/c1-11-8-12(6-7-13(11)16)14(19)17-9-15(2,3)10-18(4)5/h6-8H,9-10,16H2,1-5H3,(H,17,19). The van der Waals surface area contributed by atoms with Crippen LogP contribution in [0.25, 0.3) is 0 Å². The van der Waals surface area contributed by atoms with Gasteiger partial charge in [0.15, 0.2) is 0 Å². The quantitative estimate of drug-likeness (QED) is 0.798. The van der Waals surface area contributed by atoms with Crippen LogP contribution < -0.4 is 11.1 Å². The maximum Gasteiger partial charge on any atom is 0.251 e. The molecule has 0 saturated heterocycles. The molecular formula is C15H25N3O. The third kappa shape index (κ3) is 4.91. The SMILES string of the molecule is Cc1cc(C(=O)NCC(C)(C)CN(C)C)ccc1N. The van der Waals surface area contributed by atoms with Crippen LogP contribution in [0.1, 0.15) is 29.8 Å². The molecule has 106 valence electrons. The molecule has 0 unspecified atom stereocenters. The molecule has 0 saturated carbocycles. The number of aryl methyl sites for hydroxylation is 1. The lowest BCUT2D eigenvalue weighted by Gasteiger charge is -2.28. The topological polar surface area (TPSA) is 58.4 Å². The third-order valence-electron chi connectivity index (χ3n) is 3.00. The highest BCUT2D eigenvalue weighted by Crippen LogP contribution is 2.16. The molecule has 19 heavy (non-hydrogen) atoms. The van der Waals surface area contributed by atoms with Crippen LogP contribution in [0.5, 0.6) is 0 Å². The van der Waals surface area contributed by atoms with E-state index in [4.69, 9.17) is 5.73 Å². The van der Waals surface area contributed by atoms with E-state index < -0.39 is 0 Å². The maximum atomic E-state index is 12.1. The van der Waals surface area contributed by atoms with Gasteiger partial charge in [0.2, 0.25) is 0 Å². The Morgan fingerprint density at radius 2 is 2.00 bits per heavy atom. The molecule has 0 bridgehead atoms. The molecule has 1 aromatic rings. The molecule has 1 rings (SSSR count). The van der Waals surface area contributed by atoms with Crippen LogP contribution in [0.3, 0.4) is 0 Å². The largest absolute Gasteiger partial charge is 0.399 e. The lowest BCUT2D eigenvalue weighted by Crippen LogP contribution is -2.40. The molecule has 0 aromatic heterocycles. The third-order valence-corrected chi connectivity index (χ3v) is 3.00. The molecule has 3 N–H and O–H groups in total. The summed E-state index contributed by atoms with van der Waals surface area (Å²) in [5, 5.41) is 2.98. The number of nitrogens with two attached hydrogens (primary N) is 1. The van der Waals surface area contributed by atoms with Gasteiger partial charge in [0, 0.05) is 24.3 Å². The van der Waals surface area contributed by atoms with E-state index in [9.17, 15) is 4.79 Å². The number of anilines is 1.